The van der Waals surface area contributed by atoms with E-state index in [1.807, 2.05) is 25.1 Å². The first-order valence-electron chi connectivity index (χ1n) is 9.65. The number of benzene rings is 3. The van der Waals surface area contributed by atoms with Gasteiger partial charge in [-0.05, 0) is 24.6 Å². The van der Waals surface area contributed by atoms with E-state index in [-0.39, 0.29) is 11.5 Å². The smallest absolute Gasteiger partial charge is 0.336 e. The molecule has 0 aliphatic carbocycles. The van der Waals surface area contributed by atoms with Crippen molar-refractivity contribution in [3.8, 4) is 17.2 Å². The maximum absolute atomic E-state index is 12.9. The summed E-state index contributed by atoms with van der Waals surface area (Å²) >= 11 is 0. The van der Waals surface area contributed by atoms with Gasteiger partial charge < -0.3 is 13.9 Å². The van der Waals surface area contributed by atoms with E-state index in [1.165, 1.54) is 24.8 Å². The van der Waals surface area contributed by atoms with Gasteiger partial charge in [-0.1, -0.05) is 24.3 Å². The van der Waals surface area contributed by atoms with Crippen LogP contribution in [-0.4, -0.2) is 11.9 Å². The van der Waals surface area contributed by atoms with Crippen LogP contribution in [0.4, 0.5) is 11.4 Å². The number of aryl methyl sites for hydroxylation is 1. The molecule has 0 bridgehead atoms. The average molecular weight is 415 g/mol. The van der Waals surface area contributed by atoms with Crippen molar-refractivity contribution in [1.82, 2.24) is 0 Å². The Morgan fingerprint density at radius 1 is 0.903 bits per heavy atom. The van der Waals surface area contributed by atoms with Crippen LogP contribution >= 0.6 is 0 Å². The van der Waals surface area contributed by atoms with E-state index in [1.54, 1.807) is 24.3 Å². The summed E-state index contributed by atoms with van der Waals surface area (Å²) in [6.07, 6.45) is 0. The van der Waals surface area contributed by atoms with Crippen molar-refractivity contribution in [2.45, 2.75) is 20.8 Å². The molecule has 154 valence electrons. The van der Waals surface area contributed by atoms with Crippen molar-refractivity contribution < 1.29 is 23.5 Å². The van der Waals surface area contributed by atoms with E-state index < -0.39 is 11.6 Å². The van der Waals surface area contributed by atoms with Crippen molar-refractivity contribution >= 4 is 45.0 Å². The highest BCUT2D eigenvalue weighted by molar-refractivity contribution is 6.16. The van der Waals surface area contributed by atoms with Crippen molar-refractivity contribution in [2.75, 3.05) is 4.90 Å². The number of rotatable bonds is 1. The van der Waals surface area contributed by atoms with Crippen LogP contribution < -0.4 is 20.0 Å². The zero-order valence-electron chi connectivity index (χ0n) is 17.0. The molecular weight excluding hydrogens is 398 g/mol. The molecule has 7 nitrogen and oxygen atoms in total. The van der Waals surface area contributed by atoms with Crippen LogP contribution in [0.5, 0.6) is 17.2 Å². The van der Waals surface area contributed by atoms with E-state index in [4.69, 9.17) is 13.9 Å². The molecule has 5 rings (SSSR count). The van der Waals surface area contributed by atoms with Gasteiger partial charge in [-0.25, -0.2) is 4.79 Å². The number of amides is 1. The first-order valence-corrected chi connectivity index (χ1v) is 9.65. The predicted molar refractivity (Wildman–Crippen MR) is 115 cm³/mol. The topological polar surface area (TPSA) is 86.0 Å². The molecule has 0 fully saturated rings. The number of anilines is 2. The molecule has 1 amide bonds. The fourth-order valence-electron chi connectivity index (χ4n) is 4.04. The van der Waals surface area contributed by atoms with Gasteiger partial charge in [0.25, 0.3) is 0 Å². The minimum atomic E-state index is -0.511. The number of hydrogen-bond acceptors (Lipinski definition) is 6. The summed E-state index contributed by atoms with van der Waals surface area (Å²) in [5.41, 5.74) is 1.35. The van der Waals surface area contributed by atoms with Crippen molar-refractivity contribution in [1.29, 1.82) is 0 Å². The third-order valence-electron chi connectivity index (χ3n) is 5.24. The second-order valence-corrected chi connectivity index (χ2v) is 7.35. The second-order valence-electron chi connectivity index (χ2n) is 7.35. The summed E-state index contributed by atoms with van der Waals surface area (Å²) in [7, 11) is 0. The van der Waals surface area contributed by atoms with E-state index in [0.717, 1.165) is 5.56 Å². The molecule has 0 N–H and O–H groups in total. The Balaban J connectivity index is 1.89. The van der Waals surface area contributed by atoms with Gasteiger partial charge in [0.15, 0.2) is 17.1 Å². The van der Waals surface area contributed by atoms with Crippen LogP contribution in [0.25, 0.3) is 21.7 Å². The van der Waals surface area contributed by atoms with Crippen LogP contribution in [0.1, 0.15) is 19.4 Å². The highest BCUT2D eigenvalue weighted by atomic mass is 16.5. The summed E-state index contributed by atoms with van der Waals surface area (Å²) in [6, 6.07) is 13.8. The molecule has 0 spiro atoms. The molecule has 0 atom stereocenters. The van der Waals surface area contributed by atoms with E-state index >= 15 is 0 Å². The van der Waals surface area contributed by atoms with E-state index in [2.05, 4.69) is 0 Å². The molecule has 1 aromatic heterocycles. The van der Waals surface area contributed by atoms with Crippen LogP contribution in [0.2, 0.25) is 0 Å². The predicted octanol–water partition coefficient (Wildman–Crippen LogP) is 4.97. The van der Waals surface area contributed by atoms with Crippen molar-refractivity contribution in [3.05, 3.63) is 64.5 Å². The lowest BCUT2D eigenvalue weighted by atomic mass is 10.0. The average Bonchev–Trinajstić information content (AvgIpc) is 2.71. The first kappa shape index (κ1) is 18.9. The molecule has 7 heteroatoms. The SMILES string of the molecule is CC(=O)Oc1cc2c(c3ccccc13)N(C(C)=O)c1c(ccc3c(C)cc(=O)oc13)O2. The number of fused-ring (bicyclic) bond motifs is 6. The Kier molecular flexibility index (Phi) is 4.08. The normalized spacial score (nSPS) is 12.3. The standard InChI is InChI=1S/C24H17NO6/c1-12-10-21(28)31-24-15(12)8-9-18-23(24)25(13(2)26)22-17-7-5-4-6-16(17)19(29-14(3)27)11-20(22)30-18/h4-11H,1-3H3. The van der Waals surface area contributed by atoms with Gasteiger partial charge in [0.1, 0.15) is 11.4 Å². The Morgan fingerprint density at radius 3 is 2.35 bits per heavy atom. The molecule has 0 saturated carbocycles. The van der Waals surface area contributed by atoms with Gasteiger partial charge in [0, 0.05) is 42.1 Å². The van der Waals surface area contributed by atoms with Gasteiger partial charge in [0.2, 0.25) is 5.91 Å². The maximum atomic E-state index is 12.9. The summed E-state index contributed by atoms with van der Waals surface area (Å²) in [6.45, 7) is 4.56. The highest BCUT2D eigenvalue weighted by Crippen LogP contribution is 2.54. The van der Waals surface area contributed by atoms with Crippen LogP contribution in [0, 0.1) is 6.92 Å². The van der Waals surface area contributed by atoms with Crippen LogP contribution in [0.3, 0.4) is 0 Å². The van der Waals surface area contributed by atoms with Gasteiger partial charge in [-0.2, -0.15) is 0 Å². The summed E-state index contributed by atoms with van der Waals surface area (Å²) < 4.78 is 17.1. The lowest BCUT2D eigenvalue weighted by Gasteiger charge is -2.32. The molecule has 0 saturated heterocycles. The molecule has 31 heavy (non-hydrogen) atoms. The second kappa shape index (κ2) is 6.70. The molecular formula is C24H17NO6. The molecule has 3 aromatic carbocycles. The zero-order valence-corrected chi connectivity index (χ0v) is 17.0. The molecule has 0 unspecified atom stereocenters. The van der Waals surface area contributed by atoms with Gasteiger partial charge >= 0.3 is 11.6 Å². The lowest BCUT2D eigenvalue weighted by Crippen LogP contribution is -2.27. The van der Waals surface area contributed by atoms with Gasteiger partial charge in [-0.15, -0.1) is 0 Å². The monoisotopic (exact) mass is 415 g/mol. The molecule has 1 aliphatic rings. The quantitative estimate of drug-likeness (QED) is 0.248. The van der Waals surface area contributed by atoms with Crippen molar-refractivity contribution in [3.63, 3.8) is 0 Å². The molecule has 2 heterocycles. The Labute approximate surface area is 176 Å². The summed E-state index contributed by atoms with van der Waals surface area (Å²) in [5, 5.41) is 2.01. The first-order chi connectivity index (χ1) is 14.8. The fourth-order valence-corrected chi connectivity index (χ4v) is 4.04. The number of ether oxygens (including phenoxy) is 2. The zero-order chi connectivity index (χ0) is 21.9. The Hall–Kier alpha value is -4.13. The van der Waals surface area contributed by atoms with Crippen LogP contribution in [-0.2, 0) is 9.59 Å². The van der Waals surface area contributed by atoms with E-state index in [9.17, 15) is 14.4 Å². The fraction of sp³-hybridized carbons (Fsp3) is 0.125. The number of hydrogen-bond donors (Lipinski definition) is 0. The molecule has 4 aromatic rings. The summed E-state index contributed by atoms with van der Waals surface area (Å²) in [5.74, 6) is 0.290. The number of nitrogens with zero attached hydrogens (tertiary/aromatic N) is 1. The summed E-state index contributed by atoms with van der Waals surface area (Å²) in [4.78, 5) is 38.1. The highest BCUT2D eigenvalue weighted by Gasteiger charge is 2.33. The van der Waals surface area contributed by atoms with Crippen LogP contribution in [0.15, 0.2) is 57.7 Å². The van der Waals surface area contributed by atoms with Crippen molar-refractivity contribution in [2.24, 2.45) is 0 Å². The molecule has 1 aliphatic heterocycles. The third-order valence-corrected chi connectivity index (χ3v) is 5.24. The lowest BCUT2D eigenvalue weighted by molar-refractivity contribution is -0.131. The largest absolute Gasteiger partial charge is 0.453 e. The molecule has 0 radical (unpaired) electrons. The minimum absolute atomic E-state index is 0.275. The van der Waals surface area contributed by atoms with Gasteiger partial charge in [0.05, 0.1) is 5.69 Å². The Bertz CT molecular complexity index is 1480. The third kappa shape index (κ3) is 2.85. The number of carbonyl (C=O) groups is 2. The minimum Gasteiger partial charge on any atom is -0.453 e. The number of carbonyl (C=O) groups excluding carboxylic acids is 2. The van der Waals surface area contributed by atoms with Gasteiger partial charge in [-0.3, -0.25) is 14.5 Å². The number of esters is 1. The maximum Gasteiger partial charge on any atom is 0.336 e. The van der Waals surface area contributed by atoms with E-state index in [0.29, 0.717) is 44.8 Å². The Morgan fingerprint density at radius 2 is 1.65 bits per heavy atom.